The summed E-state index contributed by atoms with van der Waals surface area (Å²) in [7, 11) is 2.39. The van der Waals surface area contributed by atoms with Gasteiger partial charge >= 0.3 is 0 Å². The standard InChI is InChI=1S/C2H5PS/c1-2(3)4/h3H2,1H3. The first kappa shape index (κ1) is 4.52. The van der Waals surface area contributed by atoms with Crippen LogP contribution in [-0.4, -0.2) is 4.61 Å². The lowest BCUT2D eigenvalue weighted by atomic mass is 11.0. The average Bonchev–Trinajstić information content (AvgIpc) is 0.811. The molecule has 0 aromatic carbocycles. The van der Waals surface area contributed by atoms with Crippen molar-refractivity contribution >= 4 is 26.1 Å². The van der Waals surface area contributed by atoms with Crippen LogP contribution in [0.5, 0.6) is 0 Å². The fourth-order valence-electron chi connectivity index (χ4n) is 0. The molecule has 2 heteroatoms. The Morgan fingerprint density at radius 2 is 2.00 bits per heavy atom. The summed E-state index contributed by atoms with van der Waals surface area (Å²) >= 11 is 4.50. The molecule has 0 bridgehead atoms. The summed E-state index contributed by atoms with van der Waals surface area (Å²) in [6.45, 7) is 1.86. The zero-order valence-corrected chi connectivity index (χ0v) is 4.46. The quantitative estimate of drug-likeness (QED) is 0.319. The third-order valence-corrected chi connectivity index (χ3v) is 0. The third kappa shape index (κ3) is 21.5. The molecule has 0 fully saturated rings. The zero-order valence-electron chi connectivity index (χ0n) is 2.49. The maximum absolute atomic E-state index is 4.50. The molecule has 0 aromatic rings. The second-order valence-corrected chi connectivity index (χ2v) is 2.54. The van der Waals surface area contributed by atoms with Crippen LogP contribution in [0.2, 0.25) is 0 Å². The summed E-state index contributed by atoms with van der Waals surface area (Å²) in [6.07, 6.45) is 0. The van der Waals surface area contributed by atoms with E-state index < -0.39 is 0 Å². The largest absolute Gasteiger partial charge is 0.0985 e. The van der Waals surface area contributed by atoms with Crippen molar-refractivity contribution in [1.82, 2.24) is 0 Å². The van der Waals surface area contributed by atoms with Crippen molar-refractivity contribution in [1.29, 1.82) is 0 Å². The molecule has 1 unspecified atom stereocenters. The summed E-state index contributed by atoms with van der Waals surface area (Å²) in [5.41, 5.74) is 0. The van der Waals surface area contributed by atoms with Crippen LogP contribution in [0.15, 0.2) is 0 Å². The Hall–Kier alpha value is 0.520. The monoisotopic (exact) mass is 92.0 g/mol. The first-order chi connectivity index (χ1) is 1.73. The van der Waals surface area contributed by atoms with E-state index in [1.54, 1.807) is 0 Å². The predicted molar refractivity (Wildman–Crippen MR) is 28.0 cm³/mol. The van der Waals surface area contributed by atoms with Gasteiger partial charge in [-0.05, 0) is 6.92 Å². The van der Waals surface area contributed by atoms with Crippen molar-refractivity contribution in [3.63, 3.8) is 0 Å². The van der Waals surface area contributed by atoms with Crippen LogP contribution in [0, 0.1) is 0 Å². The molecule has 0 amide bonds. The summed E-state index contributed by atoms with van der Waals surface area (Å²) in [6, 6.07) is 0. The van der Waals surface area contributed by atoms with Gasteiger partial charge in [-0.1, -0.05) is 21.5 Å². The maximum atomic E-state index is 4.50. The van der Waals surface area contributed by atoms with E-state index in [4.69, 9.17) is 0 Å². The fourth-order valence-corrected chi connectivity index (χ4v) is 0. The molecule has 0 aromatic heterocycles. The number of thiocarbonyl (C=S) groups is 1. The summed E-state index contributed by atoms with van der Waals surface area (Å²) in [4.78, 5) is 0. The van der Waals surface area contributed by atoms with Crippen molar-refractivity contribution in [3.05, 3.63) is 0 Å². The molecule has 0 aliphatic rings. The van der Waals surface area contributed by atoms with Crippen molar-refractivity contribution < 1.29 is 0 Å². The molecule has 0 aliphatic heterocycles. The minimum absolute atomic E-state index is 0.917. The lowest BCUT2D eigenvalue weighted by molar-refractivity contribution is 2.12. The molecular weight excluding hydrogens is 87.1 g/mol. The summed E-state index contributed by atoms with van der Waals surface area (Å²) in [5, 5.41) is 0. The minimum Gasteiger partial charge on any atom is -0.0985 e. The maximum Gasteiger partial charge on any atom is 0.00697 e. The first-order valence-electron chi connectivity index (χ1n) is 0.993. The Morgan fingerprint density at radius 3 is 2.00 bits per heavy atom. The predicted octanol–water partition coefficient (Wildman–Crippen LogP) is 1.21. The van der Waals surface area contributed by atoms with Gasteiger partial charge in [0.1, 0.15) is 0 Å². The van der Waals surface area contributed by atoms with E-state index in [1.165, 1.54) is 0 Å². The van der Waals surface area contributed by atoms with Crippen molar-refractivity contribution in [2.24, 2.45) is 0 Å². The molecule has 0 N–H and O–H groups in total. The second kappa shape index (κ2) is 1.80. The smallest absolute Gasteiger partial charge is 0.00697 e. The van der Waals surface area contributed by atoms with Gasteiger partial charge in [0.05, 0.1) is 0 Å². The Morgan fingerprint density at radius 1 is 2.00 bits per heavy atom. The van der Waals surface area contributed by atoms with Gasteiger partial charge in [0.25, 0.3) is 0 Å². The Bertz CT molecular complexity index is 29.0. The minimum atomic E-state index is 0.917. The van der Waals surface area contributed by atoms with Gasteiger partial charge in [0.2, 0.25) is 0 Å². The molecule has 0 radical (unpaired) electrons. The van der Waals surface area contributed by atoms with Crippen LogP contribution in [0.3, 0.4) is 0 Å². The molecule has 0 rings (SSSR count). The van der Waals surface area contributed by atoms with E-state index in [0.29, 0.717) is 0 Å². The van der Waals surface area contributed by atoms with Gasteiger partial charge in [-0.15, -0.1) is 0 Å². The highest BCUT2D eigenvalue weighted by atomic mass is 32.1. The van der Waals surface area contributed by atoms with Gasteiger partial charge < -0.3 is 0 Å². The molecule has 0 heterocycles. The van der Waals surface area contributed by atoms with E-state index in [0.717, 1.165) is 4.61 Å². The van der Waals surface area contributed by atoms with Gasteiger partial charge in [-0.25, -0.2) is 0 Å². The Kier molecular flexibility index (Phi) is 2.04. The van der Waals surface area contributed by atoms with E-state index >= 15 is 0 Å². The highest BCUT2D eigenvalue weighted by Crippen LogP contribution is 1.81. The lowest BCUT2D eigenvalue weighted by Crippen LogP contribution is -1.53. The van der Waals surface area contributed by atoms with E-state index in [2.05, 4.69) is 21.5 Å². The van der Waals surface area contributed by atoms with Crippen LogP contribution >= 0.6 is 21.5 Å². The Balaban J connectivity index is 2.80. The molecule has 4 heavy (non-hydrogen) atoms. The van der Waals surface area contributed by atoms with E-state index in [-0.39, 0.29) is 0 Å². The fraction of sp³-hybridized carbons (Fsp3) is 0.500. The SMILES string of the molecule is CC(P)=S. The zero-order chi connectivity index (χ0) is 3.58. The van der Waals surface area contributed by atoms with Crippen LogP contribution < -0.4 is 0 Å². The second-order valence-electron chi connectivity index (χ2n) is 0.611. The molecule has 0 saturated heterocycles. The number of hydrogen-bond acceptors (Lipinski definition) is 1. The average molecular weight is 92.1 g/mol. The number of hydrogen-bond donors (Lipinski definition) is 0. The third-order valence-electron chi connectivity index (χ3n) is 0. The molecule has 1 atom stereocenters. The van der Waals surface area contributed by atoms with Crippen LogP contribution in [0.4, 0.5) is 0 Å². The molecular formula is C2H5PS. The van der Waals surface area contributed by atoms with Crippen molar-refractivity contribution in [2.45, 2.75) is 6.92 Å². The van der Waals surface area contributed by atoms with Gasteiger partial charge in [0.15, 0.2) is 0 Å². The van der Waals surface area contributed by atoms with Crippen LogP contribution in [0.25, 0.3) is 0 Å². The van der Waals surface area contributed by atoms with Crippen LogP contribution in [-0.2, 0) is 0 Å². The summed E-state index contributed by atoms with van der Waals surface area (Å²) in [5.74, 6) is 0. The highest BCUT2D eigenvalue weighted by molar-refractivity contribution is 7.89. The normalized spacial score (nSPS) is 6.50. The van der Waals surface area contributed by atoms with Gasteiger partial charge in [-0.2, -0.15) is 0 Å². The van der Waals surface area contributed by atoms with Crippen molar-refractivity contribution in [3.8, 4) is 0 Å². The molecule has 0 saturated carbocycles. The lowest BCUT2D eigenvalue weighted by Gasteiger charge is -1.61. The Labute approximate surface area is 33.8 Å². The molecule has 0 nitrogen and oxygen atoms in total. The molecule has 24 valence electrons. The molecule has 0 spiro atoms. The van der Waals surface area contributed by atoms with E-state index in [9.17, 15) is 0 Å². The topological polar surface area (TPSA) is 0 Å². The molecule has 0 aliphatic carbocycles. The van der Waals surface area contributed by atoms with Crippen LogP contribution in [0.1, 0.15) is 6.92 Å². The first-order valence-corrected chi connectivity index (χ1v) is 1.98. The van der Waals surface area contributed by atoms with Gasteiger partial charge in [-0.3, -0.25) is 0 Å². The summed E-state index contributed by atoms with van der Waals surface area (Å²) < 4.78 is 0.917. The van der Waals surface area contributed by atoms with Gasteiger partial charge in [0, 0.05) is 4.61 Å². The van der Waals surface area contributed by atoms with Crippen molar-refractivity contribution in [2.75, 3.05) is 0 Å². The highest BCUT2D eigenvalue weighted by Gasteiger charge is 1.55. The van der Waals surface area contributed by atoms with E-state index in [1.807, 2.05) is 6.92 Å². The number of rotatable bonds is 0.